The first-order valence-corrected chi connectivity index (χ1v) is 16.8. The van der Waals surface area contributed by atoms with Crippen LogP contribution in [0.2, 0.25) is 0 Å². The van der Waals surface area contributed by atoms with E-state index in [1.54, 1.807) is 11.3 Å². The molecule has 0 saturated carbocycles. The minimum absolute atomic E-state index is 0.511. The first-order valence-electron chi connectivity index (χ1n) is 16.0. The number of aliphatic imine (C=N–C) groups is 2. The van der Waals surface area contributed by atoms with E-state index in [1.165, 1.54) is 32.3 Å². The molecule has 0 radical (unpaired) electrons. The fraction of sp³-hybridized carbons (Fsp3) is 0.0909. The van der Waals surface area contributed by atoms with Crippen molar-refractivity contribution in [2.24, 2.45) is 9.98 Å². The van der Waals surface area contributed by atoms with Gasteiger partial charge >= 0.3 is 0 Å². The fourth-order valence-corrected chi connectivity index (χ4v) is 6.39. The lowest BCUT2D eigenvalue weighted by atomic mass is 9.99. The number of fused-ring (bicyclic) bond motifs is 1. The zero-order valence-electron chi connectivity index (χ0n) is 26.9. The average molecular weight is 627 g/mol. The third kappa shape index (κ3) is 7.89. The Kier molecular flexibility index (Phi) is 10.3. The zero-order chi connectivity index (χ0) is 32.4. The van der Waals surface area contributed by atoms with Crippen LogP contribution in [-0.4, -0.2) is 18.1 Å². The second kappa shape index (κ2) is 15.3. The number of aryl methyl sites for hydroxylation is 1. The first kappa shape index (κ1) is 31.6. The van der Waals surface area contributed by atoms with E-state index in [0.29, 0.717) is 6.54 Å². The number of nitrogens with zero attached hydrogens (tertiary/aromatic N) is 2. The van der Waals surface area contributed by atoms with E-state index in [9.17, 15) is 0 Å². The van der Waals surface area contributed by atoms with Crippen LogP contribution < -0.4 is 0 Å². The van der Waals surface area contributed by atoms with Crippen LogP contribution in [0.5, 0.6) is 0 Å². The number of allylic oxidation sites excluding steroid dienone is 11. The first-order chi connectivity index (χ1) is 23.1. The second-order valence-electron chi connectivity index (χ2n) is 11.5. The highest BCUT2D eigenvalue weighted by atomic mass is 32.1. The summed E-state index contributed by atoms with van der Waals surface area (Å²) >= 11 is 1.76. The van der Waals surface area contributed by atoms with Gasteiger partial charge in [0, 0.05) is 10.3 Å². The summed E-state index contributed by atoms with van der Waals surface area (Å²) in [4.78, 5) is 10.0. The summed E-state index contributed by atoms with van der Waals surface area (Å²) in [5, 5.41) is 3.42. The van der Waals surface area contributed by atoms with Crippen LogP contribution in [-0.2, 0) is 0 Å². The smallest absolute Gasteiger partial charge is 0.155 e. The minimum atomic E-state index is 0.511. The van der Waals surface area contributed by atoms with Gasteiger partial charge in [-0.05, 0) is 93.8 Å². The lowest BCUT2D eigenvalue weighted by Gasteiger charge is -2.07. The molecule has 4 aromatic rings. The largest absolute Gasteiger partial charge is 0.261 e. The van der Waals surface area contributed by atoms with E-state index in [1.807, 2.05) is 24.3 Å². The van der Waals surface area contributed by atoms with E-state index in [2.05, 4.69) is 153 Å². The molecule has 0 fully saturated rings. The van der Waals surface area contributed by atoms with Gasteiger partial charge in [0.05, 0.1) is 12.3 Å². The highest BCUT2D eigenvalue weighted by Gasteiger charge is 2.14. The number of benzene rings is 3. The standard InChI is InChI=1S/C44H38N2S/c1-4-34(40-30-42(36-18-9-5-6-10-19-36)46-44(45-31-40)37-20-13-8-14-21-37)24-23-32(2)38-22-15-27-47-43-26-25-39(29-41(43)33(3)28-38)35-16-11-7-12-17-35/h4-5,7-30H,1,6,31H2,2-3H3/b27-15?,32-23+,33-28?,34-24+,38-22?. The Hall–Kier alpha value is -5.38. The van der Waals surface area contributed by atoms with Crippen LogP contribution in [0.1, 0.15) is 30.0 Å². The minimum Gasteiger partial charge on any atom is -0.261 e. The molecule has 6 rings (SSSR count). The van der Waals surface area contributed by atoms with Crippen molar-refractivity contribution in [2.45, 2.75) is 20.3 Å². The van der Waals surface area contributed by atoms with Crippen LogP contribution in [0.3, 0.4) is 0 Å². The molecule has 2 heterocycles. The summed E-state index contributed by atoms with van der Waals surface area (Å²) in [7, 11) is 0. The maximum Gasteiger partial charge on any atom is 0.155 e. The van der Waals surface area contributed by atoms with Gasteiger partial charge in [-0.15, -0.1) is 11.3 Å². The molecule has 0 N–H and O–H groups in total. The van der Waals surface area contributed by atoms with E-state index in [4.69, 9.17) is 9.98 Å². The molecule has 1 aliphatic heterocycles. The van der Waals surface area contributed by atoms with Gasteiger partial charge in [0.15, 0.2) is 5.84 Å². The molecule has 0 unspecified atom stereocenters. The van der Waals surface area contributed by atoms with Crippen molar-refractivity contribution in [3.8, 4) is 11.1 Å². The molecule has 2 aliphatic rings. The van der Waals surface area contributed by atoms with Crippen LogP contribution in [0.25, 0.3) is 26.8 Å². The summed E-state index contributed by atoms with van der Waals surface area (Å²) in [5.74, 6) is 0.737. The van der Waals surface area contributed by atoms with E-state index in [-0.39, 0.29) is 0 Å². The maximum atomic E-state index is 5.06. The SMILES string of the molecule is C=C/C(=C\C=C(/C)c1cccsc2ccc(-c3ccccc3)cc2c(C)c1)C1=CC(C2=CC=CCC=C2)=NC(c2ccccc2)=NC1. The highest BCUT2D eigenvalue weighted by Crippen LogP contribution is 2.29. The van der Waals surface area contributed by atoms with Crippen molar-refractivity contribution in [2.75, 3.05) is 6.54 Å². The summed E-state index contributed by atoms with van der Waals surface area (Å²) in [6, 6.07) is 34.1. The molecule has 1 aromatic heterocycles. The fourth-order valence-electron chi connectivity index (χ4n) is 5.60. The molecule has 3 heteroatoms. The molecular weight excluding hydrogens is 589 g/mol. The second-order valence-corrected chi connectivity index (χ2v) is 12.5. The summed E-state index contributed by atoms with van der Waals surface area (Å²) < 4.78 is 1.25. The number of hydrogen-bond acceptors (Lipinski definition) is 3. The van der Waals surface area contributed by atoms with Crippen molar-refractivity contribution >= 4 is 38.5 Å². The molecule has 0 spiro atoms. The Labute approximate surface area is 282 Å². The third-order valence-electron chi connectivity index (χ3n) is 8.24. The Morgan fingerprint density at radius 2 is 1.62 bits per heavy atom. The maximum absolute atomic E-state index is 5.06. The number of amidine groups is 1. The van der Waals surface area contributed by atoms with Gasteiger partial charge in [-0.2, -0.15) is 0 Å². The van der Waals surface area contributed by atoms with Crippen molar-refractivity contribution < 1.29 is 0 Å². The Bertz CT molecular complexity index is 2090. The van der Waals surface area contributed by atoms with E-state index < -0.39 is 0 Å². The molecule has 0 bridgehead atoms. The summed E-state index contributed by atoms with van der Waals surface area (Å²) in [6.07, 6.45) is 20.0. The molecule has 1 aliphatic carbocycles. The van der Waals surface area contributed by atoms with Crippen LogP contribution >= 0.6 is 11.3 Å². The third-order valence-corrected chi connectivity index (χ3v) is 9.14. The number of rotatable bonds is 7. The van der Waals surface area contributed by atoms with Crippen LogP contribution in [0, 0.1) is 6.92 Å². The highest BCUT2D eigenvalue weighted by molar-refractivity contribution is 7.16. The molecule has 2 nitrogen and oxygen atoms in total. The van der Waals surface area contributed by atoms with Crippen LogP contribution in [0.15, 0.2) is 190 Å². The van der Waals surface area contributed by atoms with Gasteiger partial charge < -0.3 is 0 Å². The van der Waals surface area contributed by atoms with Gasteiger partial charge in [0.25, 0.3) is 0 Å². The van der Waals surface area contributed by atoms with Crippen molar-refractivity contribution in [3.05, 3.63) is 197 Å². The van der Waals surface area contributed by atoms with Gasteiger partial charge in [-0.1, -0.05) is 140 Å². The quantitative estimate of drug-likeness (QED) is 0.182. The summed E-state index contributed by atoms with van der Waals surface area (Å²) in [5.41, 5.74) is 11.1. The van der Waals surface area contributed by atoms with Crippen LogP contribution in [0.4, 0.5) is 0 Å². The molecule has 0 amide bonds. The monoisotopic (exact) mass is 626 g/mol. The van der Waals surface area contributed by atoms with Gasteiger partial charge in [0.2, 0.25) is 0 Å². The molecular formula is C44H38N2S. The summed E-state index contributed by atoms with van der Waals surface area (Å²) in [6.45, 7) is 9.07. The lowest BCUT2D eigenvalue weighted by Crippen LogP contribution is -2.04. The van der Waals surface area contributed by atoms with Crippen molar-refractivity contribution in [3.63, 3.8) is 0 Å². The lowest BCUT2D eigenvalue weighted by molar-refractivity contribution is 1.16. The zero-order valence-corrected chi connectivity index (χ0v) is 27.8. The van der Waals surface area contributed by atoms with E-state index in [0.717, 1.165) is 45.8 Å². The predicted molar refractivity (Wildman–Crippen MR) is 206 cm³/mol. The van der Waals surface area contributed by atoms with E-state index >= 15 is 0 Å². The normalized spacial score (nSPS) is 15.1. The Balaban J connectivity index is 1.38. The average Bonchev–Trinajstić information content (AvgIpc) is 3.50. The predicted octanol–water partition coefficient (Wildman–Crippen LogP) is 11.8. The Morgan fingerprint density at radius 3 is 2.40 bits per heavy atom. The molecule has 0 saturated heterocycles. The topological polar surface area (TPSA) is 24.7 Å². The Morgan fingerprint density at radius 1 is 0.830 bits per heavy atom. The van der Waals surface area contributed by atoms with Crippen molar-refractivity contribution in [1.29, 1.82) is 0 Å². The van der Waals surface area contributed by atoms with Gasteiger partial charge in [-0.25, -0.2) is 4.99 Å². The molecule has 230 valence electrons. The molecule has 47 heavy (non-hydrogen) atoms. The number of hydrogen-bond donors (Lipinski definition) is 0. The molecule has 0 atom stereocenters. The molecule has 3 aromatic carbocycles. The van der Waals surface area contributed by atoms with Crippen molar-refractivity contribution in [1.82, 2.24) is 0 Å². The van der Waals surface area contributed by atoms with Gasteiger partial charge in [-0.3, -0.25) is 4.99 Å². The van der Waals surface area contributed by atoms with Gasteiger partial charge in [0.1, 0.15) is 0 Å².